The van der Waals surface area contributed by atoms with Crippen LogP contribution in [-0.4, -0.2) is 27.9 Å². The molecule has 2 amide bonds. The molecule has 1 N–H and O–H groups in total. The van der Waals surface area contributed by atoms with Crippen molar-refractivity contribution < 1.29 is 9.18 Å². The fraction of sp³-hybridized carbons (Fsp3) is 0.150. The van der Waals surface area contributed by atoms with Gasteiger partial charge in [0, 0.05) is 40.6 Å². The van der Waals surface area contributed by atoms with Gasteiger partial charge in [0.1, 0.15) is 5.82 Å². The Hall–Kier alpha value is -2.64. The maximum Gasteiger partial charge on any atom is 0.321 e. The van der Waals surface area contributed by atoms with Gasteiger partial charge < -0.3 is 10.2 Å². The molecular weight excluding hydrogens is 399 g/mol. The van der Waals surface area contributed by atoms with Crippen LogP contribution >= 0.6 is 23.4 Å². The molecule has 0 aliphatic rings. The molecule has 1 heterocycles. The number of aryl methyl sites for hydroxylation is 1. The van der Waals surface area contributed by atoms with Crippen molar-refractivity contribution in [3.8, 4) is 0 Å². The number of aromatic nitrogens is 2. The summed E-state index contributed by atoms with van der Waals surface area (Å²) >= 11 is 7.48. The fourth-order valence-electron chi connectivity index (χ4n) is 2.49. The average Bonchev–Trinajstić information content (AvgIpc) is 2.67. The van der Waals surface area contributed by atoms with Crippen molar-refractivity contribution in [1.29, 1.82) is 0 Å². The van der Waals surface area contributed by atoms with Crippen molar-refractivity contribution in [2.75, 3.05) is 12.4 Å². The Morgan fingerprint density at radius 1 is 1.21 bits per heavy atom. The van der Waals surface area contributed by atoms with E-state index in [0.29, 0.717) is 15.9 Å². The van der Waals surface area contributed by atoms with Crippen molar-refractivity contribution in [2.24, 2.45) is 0 Å². The summed E-state index contributed by atoms with van der Waals surface area (Å²) in [6.07, 6.45) is 3.38. The van der Waals surface area contributed by atoms with E-state index in [9.17, 15) is 9.18 Å². The molecule has 0 unspecified atom stereocenters. The third-order valence-electron chi connectivity index (χ3n) is 3.99. The molecule has 0 saturated heterocycles. The number of rotatable bonds is 5. The lowest BCUT2D eigenvalue weighted by atomic mass is 10.2. The molecule has 0 fully saturated rings. The predicted octanol–water partition coefficient (Wildman–Crippen LogP) is 5.39. The zero-order chi connectivity index (χ0) is 20.1. The summed E-state index contributed by atoms with van der Waals surface area (Å²) in [5.41, 5.74) is 1.86. The van der Waals surface area contributed by atoms with E-state index in [1.165, 1.54) is 28.8 Å². The SMILES string of the molecule is Cc1cc(Sc2ncccn2)ccc1NC(=O)N(C)Cc1c(F)cccc1Cl. The van der Waals surface area contributed by atoms with Gasteiger partial charge in [-0.05, 0) is 60.6 Å². The largest absolute Gasteiger partial charge is 0.323 e. The topological polar surface area (TPSA) is 58.1 Å². The molecule has 3 rings (SSSR count). The summed E-state index contributed by atoms with van der Waals surface area (Å²) in [7, 11) is 1.59. The lowest BCUT2D eigenvalue weighted by Crippen LogP contribution is -2.31. The standard InChI is InChI=1S/C20H18ClFN4OS/c1-13-11-14(28-19-23-9-4-10-24-19)7-8-18(13)25-20(27)26(2)12-15-16(21)5-3-6-17(15)22/h3-11H,12H2,1-2H3,(H,25,27). The minimum Gasteiger partial charge on any atom is -0.323 e. The van der Waals surface area contributed by atoms with Gasteiger partial charge in [0.05, 0.1) is 6.54 Å². The van der Waals surface area contributed by atoms with Crippen LogP contribution in [0.3, 0.4) is 0 Å². The number of hydrogen-bond donors (Lipinski definition) is 1. The smallest absolute Gasteiger partial charge is 0.321 e. The molecule has 0 radical (unpaired) electrons. The summed E-state index contributed by atoms with van der Waals surface area (Å²) < 4.78 is 13.9. The van der Waals surface area contributed by atoms with Crippen LogP contribution in [0.4, 0.5) is 14.9 Å². The highest BCUT2D eigenvalue weighted by Gasteiger charge is 2.15. The quantitative estimate of drug-likeness (QED) is 0.566. The molecule has 0 aliphatic carbocycles. The predicted molar refractivity (Wildman–Crippen MR) is 109 cm³/mol. The molecule has 28 heavy (non-hydrogen) atoms. The van der Waals surface area contributed by atoms with Gasteiger partial charge in [-0.15, -0.1) is 0 Å². The Bertz CT molecular complexity index is 967. The van der Waals surface area contributed by atoms with Gasteiger partial charge in [0.2, 0.25) is 0 Å². The minimum atomic E-state index is -0.437. The second-order valence-corrected chi connectivity index (χ2v) is 7.54. The van der Waals surface area contributed by atoms with Gasteiger partial charge in [-0.25, -0.2) is 19.2 Å². The summed E-state index contributed by atoms with van der Waals surface area (Å²) in [4.78, 5) is 23.2. The zero-order valence-electron chi connectivity index (χ0n) is 15.3. The Morgan fingerprint density at radius 3 is 2.64 bits per heavy atom. The lowest BCUT2D eigenvalue weighted by Gasteiger charge is -2.20. The van der Waals surface area contributed by atoms with Crippen molar-refractivity contribution in [2.45, 2.75) is 23.5 Å². The number of hydrogen-bond acceptors (Lipinski definition) is 4. The first kappa shape index (κ1) is 20.1. The molecule has 0 bridgehead atoms. The average molecular weight is 417 g/mol. The molecule has 0 aliphatic heterocycles. The zero-order valence-corrected chi connectivity index (χ0v) is 16.9. The number of nitrogens with one attached hydrogen (secondary N) is 1. The number of nitrogens with zero attached hydrogens (tertiary/aromatic N) is 3. The molecule has 0 atom stereocenters. The maximum absolute atomic E-state index is 13.9. The van der Waals surface area contributed by atoms with E-state index < -0.39 is 5.82 Å². The van der Waals surface area contributed by atoms with Crippen LogP contribution in [0.5, 0.6) is 0 Å². The van der Waals surface area contributed by atoms with Crippen LogP contribution in [0.2, 0.25) is 5.02 Å². The van der Waals surface area contributed by atoms with Gasteiger partial charge in [-0.3, -0.25) is 0 Å². The molecule has 5 nitrogen and oxygen atoms in total. The molecule has 2 aromatic carbocycles. The molecular formula is C20H18ClFN4OS. The van der Waals surface area contributed by atoms with Crippen molar-refractivity contribution >= 4 is 35.1 Å². The molecule has 3 aromatic rings. The van der Waals surface area contributed by atoms with Gasteiger partial charge >= 0.3 is 6.03 Å². The second kappa shape index (κ2) is 9.03. The number of benzene rings is 2. The first-order chi connectivity index (χ1) is 13.4. The van der Waals surface area contributed by atoms with E-state index in [2.05, 4.69) is 15.3 Å². The lowest BCUT2D eigenvalue weighted by molar-refractivity contribution is 0.220. The van der Waals surface area contributed by atoms with Crippen molar-refractivity contribution in [3.63, 3.8) is 0 Å². The number of carbonyl (C=O) groups excluding carboxylic acids is 1. The number of halogens is 2. The fourth-order valence-corrected chi connectivity index (χ4v) is 3.52. The first-order valence-corrected chi connectivity index (χ1v) is 9.64. The monoisotopic (exact) mass is 416 g/mol. The van der Waals surface area contributed by atoms with Crippen LogP contribution in [0.1, 0.15) is 11.1 Å². The van der Waals surface area contributed by atoms with E-state index in [1.807, 2.05) is 25.1 Å². The van der Waals surface area contributed by atoms with Gasteiger partial charge in [-0.1, -0.05) is 17.7 Å². The Kier molecular flexibility index (Phi) is 6.49. The maximum atomic E-state index is 13.9. The highest BCUT2D eigenvalue weighted by molar-refractivity contribution is 7.99. The normalized spacial score (nSPS) is 10.6. The van der Waals surface area contributed by atoms with Crippen molar-refractivity contribution in [1.82, 2.24) is 14.9 Å². The van der Waals surface area contributed by atoms with Crippen LogP contribution in [0.15, 0.2) is 64.9 Å². The van der Waals surface area contributed by atoms with E-state index in [4.69, 9.17) is 11.6 Å². The van der Waals surface area contributed by atoms with Crippen LogP contribution in [-0.2, 0) is 6.54 Å². The summed E-state index contributed by atoms with van der Waals surface area (Å²) in [5, 5.41) is 3.79. The van der Waals surface area contributed by atoms with Gasteiger partial charge in [0.25, 0.3) is 0 Å². The molecule has 144 valence electrons. The Morgan fingerprint density at radius 2 is 1.96 bits per heavy atom. The van der Waals surface area contributed by atoms with Gasteiger partial charge in [0.15, 0.2) is 5.16 Å². The molecule has 8 heteroatoms. The highest BCUT2D eigenvalue weighted by atomic mass is 35.5. The molecule has 0 saturated carbocycles. The van der Waals surface area contributed by atoms with Crippen molar-refractivity contribution in [3.05, 3.63) is 76.8 Å². The Balaban J connectivity index is 1.66. The van der Waals surface area contributed by atoms with E-state index in [-0.39, 0.29) is 18.1 Å². The summed E-state index contributed by atoms with van der Waals surface area (Å²) in [6.45, 7) is 1.97. The second-order valence-electron chi connectivity index (χ2n) is 6.10. The molecule has 0 spiro atoms. The highest BCUT2D eigenvalue weighted by Crippen LogP contribution is 2.28. The first-order valence-electron chi connectivity index (χ1n) is 8.44. The molecule has 1 aromatic heterocycles. The van der Waals surface area contributed by atoms with Crippen LogP contribution in [0.25, 0.3) is 0 Å². The van der Waals surface area contributed by atoms with Gasteiger partial charge in [-0.2, -0.15) is 0 Å². The van der Waals surface area contributed by atoms with E-state index in [1.54, 1.807) is 31.6 Å². The Labute approximate surface area is 172 Å². The number of anilines is 1. The number of amides is 2. The number of urea groups is 1. The minimum absolute atomic E-state index is 0.0651. The third kappa shape index (κ3) is 4.99. The number of carbonyl (C=O) groups is 1. The van der Waals surface area contributed by atoms with E-state index in [0.717, 1.165) is 10.5 Å². The van der Waals surface area contributed by atoms with Crippen LogP contribution < -0.4 is 5.32 Å². The van der Waals surface area contributed by atoms with E-state index >= 15 is 0 Å². The summed E-state index contributed by atoms with van der Waals surface area (Å²) in [6, 6.07) is 11.5. The van der Waals surface area contributed by atoms with Crippen LogP contribution in [0, 0.1) is 12.7 Å². The summed E-state index contributed by atoms with van der Waals surface area (Å²) in [5.74, 6) is -0.437. The third-order valence-corrected chi connectivity index (χ3v) is 5.23.